The molecule has 0 amide bonds. The molecule has 1 rings (SSSR count). The Bertz CT molecular complexity index is 167. The lowest BCUT2D eigenvalue weighted by atomic mass is 10.2. The highest BCUT2D eigenvalue weighted by Crippen LogP contribution is 2.07. The highest BCUT2D eigenvalue weighted by atomic mass is 127. The lowest BCUT2D eigenvalue weighted by molar-refractivity contribution is -0.0370. The minimum absolute atomic E-state index is 0.385. The van der Waals surface area contributed by atoms with E-state index in [1.807, 2.05) is 0 Å². The second-order valence-electron chi connectivity index (χ2n) is 4.33. The van der Waals surface area contributed by atoms with Crippen LogP contribution >= 0.6 is 22.6 Å². The third kappa shape index (κ3) is 5.47. The fraction of sp³-hybridized carbons (Fsp3) is 1.00. The van der Waals surface area contributed by atoms with Gasteiger partial charge >= 0.3 is 0 Å². The Morgan fingerprint density at radius 2 is 2.33 bits per heavy atom. The average molecular weight is 326 g/mol. The van der Waals surface area contributed by atoms with Crippen LogP contribution in [0, 0.1) is 0 Å². The molecule has 0 bridgehead atoms. The molecule has 1 N–H and O–H groups in total. The van der Waals surface area contributed by atoms with E-state index in [0.717, 1.165) is 32.8 Å². The fourth-order valence-corrected chi connectivity index (χ4v) is 2.17. The molecule has 0 saturated carbocycles. The smallest absolute Gasteiger partial charge is 0.0826 e. The van der Waals surface area contributed by atoms with Gasteiger partial charge in [-0.1, -0.05) is 22.6 Å². The Kier molecular flexibility index (Phi) is 7.12. The first kappa shape index (κ1) is 13.7. The van der Waals surface area contributed by atoms with Gasteiger partial charge in [0, 0.05) is 30.1 Å². The van der Waals surface area contributed by atoms with Crippen molar-refractivity contribution in [1.82, 2.24) is 10.2 Å². The minimum atomic E-state index is 0.385. The van der Waals surface area contributed by atoms with Gasteiger partial charge < -0.3 is 10.1 Å². The van der Waals surface area contributed by atoms with Crippen molar-refractivity contribution in [2.75, 3.05) is 37.2 Å². The summed E-state index contributed by atoms with van der Waals surface area (Å²) in [7, 11) is 0. The fourth-order valence-electron chi connectivity index (χ4n) is 1.79. The molecule has 1 aliphatic heterocycles. The number of morpholine rings is 1. The Balaban J connectivity index is 2.13. The van der Waals surface area contributed by atoms with Crippen LogP contribution in [0.1, 0.15) is 20.3 Å². The van der Waals surface area contributed by atoms with Crippen molar-refractivity contribution in [2.45, 2.75) is 32.4 Å². The molecule has 0 aromatic carbocycles. The molecule has 1 aliphatic rings. The van der Waals surface area contributed by atoms with Gasteiger partial charge in [-0.05, 0) is 26.8 Å². The number of nitrogens with zero attached hydrogens (tertiary/aromatic N) is 1. The van der Waals surface area contributed by atoms with Crippen LogP contribution in [0.4, 0.5) is 0 Å². The van der Waals surface area contributed by atoms with Crippen molar-refractivity contribution in [3.8, 4) is 0 Å². The lowest BCUT2D eigenvalue weighted by Gasteiger charge is -2.35. The number of halogens is 1. The summed E-state index contributed by atoms with van der Waals surface area (Å²) in [6, 6.07) is 0.644. The molecule has 1 heterocycles. The Labute approximate surface area is 107 Å². The summed E-state index contributed by atoms with van der Waals surface area (Å²) >= 11 is 2.41. The van der Waals surface area contributed by atoms with Gasteiger partial charge in [-0.15, -0.1) is 0 Å². The van der Waals surface area contributed by atoms with E-state index in [-0.39, 0.29) is 0 Å². The SMILES string of the molecule is CC(C)N1CCOC(CNCCCI)C1. The Morgan fingerprint density at radius 3 is 3.00 bits per heavy atom. The van der Waals surface area contributed by atoms with E-state index in [0.29, 0.717) is 12.1 Å². The van der Waals surface area contributed by atoms with E-state index in [1.165, 1.54) is 10.8 Å². The van der Waals surface area contributed by atoms with E-state index < -0.39 is 0 Å². The number of ether oxygens (including phenoxy) is 1. The summed E-state index contributed by atoms with van der Waals surface area (Å²) in [6.07, 6.45) is 1.64. The van der Waals surface area contributed by atoms with Crippen LogP contribution in [0.15, 0.2) is 0 Å². The highest BCUT2D eigenvalue weighted by Gasteiger charge is 2.21. The number of nitrogens with one attached hydrogen (secondary N) is 1. The summed E-state index contributed by atoms with van der Waals surface area (Å²) in [5.41, 5.74) is 0. The molecular weight excluding hydrogens is 303 g/mol. The molecule has 1 saturated heterocycles. The number of hydrogen-bond donors (Lipinski definition) is 1. The van der Waals surface area contributed by atoms with Crippen LogP contribution < -0.4 is 5.32 Å². The summed E-state index contributed by atoms with van der Waals surface area (Å²) < 4.78 is 6.96. The third-order valence-electron chi connectivity index (χ3n) is 2.76. The lowest BCUT2D eigenvalue weighted by Crippen LogP contribution is -2.49. The predicted octanol–water partition coefficient (Wildman–Crippen LogP) is 1.51. The molecule has 3 nitrogen and oxygen atoms in total. The van der Waals surface area contributed by atoms with E-state index in [4.69, 9.17) is 4.74 Å². The van der Waals surface area contributed by atoms with E-state index >= 15 is 0 Å². The van der Waals surface area contributed by atoms with Crippen LogP contribution in [0.25, 0.3) is 0 Å². The van der Waals surface area contributed by atoms with Gasteiger partial charge in [0.1, 0.15) is 0 Å². The molecule has 1 atom stereocenters. The first-order valence-electron chi connectivity index (χ1n) is 5.86. The van der Waals surface area contributed by atoms with E-state index in [2.05, 4.69) is 46.7 Å². The molecular formula is C11H23IN2O. The van der Waals surface area contributed by atoms with Crippen LogP contribution in [0.3, 0.4) is 0 Å². The molecule has 1 unspecified atom stereocenters. The van der Waals surface area contributed by atoms with Gasteiger partial charge in [0.05, 0.1) is 12.7 Å². The molecule has 90 valence electrons. The Morgan fingerprint density at radius 1 is 1.53 bits per heavy atom. The minimum Gasteiger partial charge on any atom is -0.374 e. The van der Waals surface area contributed by atoms with E-state index in [9.17, 15) is 0 Å². The van der Waals surface area contributed by atoms with Gasteiger partial charge in [-0.2, -0.15) is 0 Å². The predicted molar refractivity (Wildman–Crippen MR) is 72.8 cm³/mol. The second kappa shape index (κ2) is 7.81. The zero-order valence-electron chi connectivity index (χ0n) is 9.84. The second-order valence-corrected chi connectivity index (χ2v) is 5.41. The number of hydrogen-bond acceptors (Lipinski definition) is 3. The van der Waals surface area contributed by atoms with Gasteiger partial charge in [0.25, 0.3) is 0 Å². The molecule has 15 heavy (non-hydrogen) atoms. The summed E-state index contributed by atoms with van der Waals surface area (Å²) in [6.45, 7) is 9.68. The monoisotopic (exact) mass is 326 g/mol. The number of alkyl halides is 1. The summed E-state index contributed by atoms with van der Waals surface area (Å²) in [5, 5.41) is 3.46. The maximum absolute atomic E-state index is 5.73. The normalized spacial score (nSPS) is 23.6. The van der Waals surface area contributed by atoms with Gasteiger partial charge in [-0.25, -0.2) is 0 Å². The van der Waals surface area contributed by atoms with Crippen LogP contribution in [0.5, 0.6) is 0 Å². The third-order valence-corrected chi connectivity index (χ3v) is 3.52. The molecule has 0 radical (unpaired) electrons. The molecule has 0 spiro atoms. The summed E-state index contributed by atoms with van der Waals surface area (Å²) in [5.74, 6) is 0. The zero-order valence-corrected chi connectivity index (χ0v) is 12.0. The van der Waals surface area contributed by atoms with Crippen molar-refractivity contribution >= 4 is 22.6 Å². The maximum atomic E-state index is 5.73. The van der Waals surface area contributed by atoms with Gasteiger partial charge in [-0.3, -0.25) is 4.90 Å². The van der Waals surface area contributed by atoms with Crippen LogP contribution in [0.2, 0.25) is 0 Å². The zero-order chi connectivity index (χ0) is 11.1. The quantitative estimate of drug-likeness (QED) is 0.455. The molecule has 0 aromatic heterocycles. The number of rotatable bonds is 6. The Hall–Kier alpha value is 0.610. The largest absolute Gasteiger partial charge is 0.374 e. The molecule has 0 aliphatic carbocycles. The van der Waals surface area contributed by atoms with Gasteiger partial charge in [0.2, 0.25) is 0 Å². The van der Waals surface area contributed by atoms with Gasteiger partial charge in [0.15, 0.2) is 0 Å². The standard InChI is InChI=1S/C11H23IN2O/c1-10(2)14-6-7-15-11(9-14)8-13-5-3-4-12/h10-11,13H,3-9H2,1-2H3. The van der Waals surface area contributed by atoms with Crippen molar-refractivity contribution in [3.05, 3.63) is 0 Å². The molecule has 0 aromatic rings. The molecule has 4 heteroatoms. The van der Waals surface area contributed by atoms with Crippen molar-refractivity contribution < 1.29 is 4.74 Å². The van der Waals surface area contributed by atoms with Crippen molar-refractivity contribution in [3.63, 3.8) is 0 Å². The topological polar surface area (TPSA) is 24.5 Å². The maximum Gasteiger partial charge on any atom is 0.0826 e. The highest BCUT2D eigenvalue weighted by molar-refractivity contribution is 14.1. The van der Waals surface area contributed by atoms with Crippen LogP contribution in [-0.2, 0) is 4.74 Å². The first-order valence-corrected chi connectivity index (χ1v) is 7.39. The van der Waals surface area contributed by atoms with Crippen LogP contribution in [-0.4, -0.2) is 54.3 Å². The molecule has 1 fully saturated rings. The van der Waals surface area contributed by atoms with Crippen molar-refractivity contribution in [1.29, 1.82) is 0 Å². The average Bonchev–Trinajstić information content (AvgIpc) is 2.25. The van der Waals surface area contributed by atoms with Crippen molar-refractivity contribution in [2.24, 2.45) is 0 Å². The first-order chi connectivity index (χ1) is 7.24. The summed E-state index contributed by atoms with van der Waals surface area (Å²) in [4.78, 5) is 2.49. The van der Waals surface area contributed by atoms with E-state index in [1.54, 1.807) is 0 Å².